The Hall–Kier alpha value is -1.08. The van der Waals surface area contributed by atoms with Crippen LogP contribution in [0.4, 0.5) is 0 Å². The summed E-state index contributed by atoms with van der Waals surface area (Å²) >= 11 is 0. The fourth-order valence-corrected chi connectivity index (χ4v) is 6.46. The van der Waals surface area contributed by atoms with Gasteiger partial charge in [0.25, 0.3) is 0 Å². The molecule has 0 fully saturated rings. The molecule has 2 rings (SSSR count). The fourth-order valence-electron chi connectivity index (χ4n) is 3.08. The maximum Gasteiger partial charge on any atom is 0.0530 e. The van der Waals surface area contributed by atoms with E-state index in [1.54, 1.807) is 0 Å². The van der Waals surface area contributed by atoms with E-state index in [0.717, 1.165) is 0 Å². The Balaban J connectivity index is 2.13. The third-order valence-corrected chi connectivity index (χ3v) is 10.8. The summed E-state index contributed by atoms with van der Waals surface area (Å²) in [6.07, 6.45) is 1.27. The van der Waals surface area contributed by atoms with E-state index in [-0.39, 0.29) is 0 Å². The number of hydrogen-bond donors (Lipinski definition) is 0. The van der Waals surface area contributed by atoms with Gasteiger partial charge in [0.1, 0.15) is 0 Å². The van der Waals surface area contributed by atoms with Crippen molar-refractivity contribution in [1.82, 2.24) is 0 Å². The van der Waals surface area contributed by atoms with E-state index in [1.807, 2.05) is 0 Å². The highest BCUT2D eigenvalue weighted by Crippen LogP contribution is 2.27. The molecule has 0 aliphatic carbocycles. The van der Waals surface area contributed by atoms with Crippen molar-refractivity contribution >= 4 is 18.8 Å². The molecule has 0 nitrogen and oxygen atoms in total. The zero-order chi connectivity index (χ0) is 13.7. The Morgan fingerprint density at radius 1 is 0.789 bits per heavy atom. The maximum absolute atomic E-state index is 2.40. The van der Waals surface area contributed by atoms with Crippen molar-refractivity contribution in [2.24, 2.45) is 0 Å². The molecule has 0 saturated carbocycles. The molecular weight excluding hydrogens is 244 g/mol. The normalized spacial score (nSPS) is 11.9. The van der Waals surface area contributed by atoms with E-state index in [2.05, 4.69) is 63.2 Å². The van der Waals surface area contributed by atoms with Crippen LogP contribution in [0.3, 0.4) is 0 Å². The largest absolute Gasteiger partial charge is 0.0678 e. The van der Waals surface area contributed by atoms with Crippen LogP contribution in [-0.2, 0) is 6.42 Å². The summed E-state index contributed by atoms with van der Waals surface area (Å²) < 4.78 is 0. The van der Waals surface area contributed by atoms with Gasteiger partial charge in [-0.2, -0.15) is 0 Å². The molecule has 0 aliphatic heterocycles. The summed E-state index contributed by atoms with van der Waals surface area (Å²) in [5, 5.41) is 2.74. The molecule has 19 heavy (non-hydrogen) atoms. The van der Waals surface area contributed by atoms with E-state index < -0.39 is 8.07 Å². The number of fused-ring (bicyclic) bond motifs is 1. The van der Waals surface area contributed by atoms with E-state index in [4.69, 9.17) is 0 Å². The maximum atomic E-state index is 2.40. The third kappa shape index (κ3) is 3.27. The number of hydrogen-bond acceptors (Lipinski definition) is 0. The van der Waals surface area contributed by atoms with Gasteiger partial charge in [0.2, 0.25) is 0 Å². The molecule has 0 unspecified atom stereocenters. The van der Waals surface area contributed by atoms with Crippen LogP contribution in [0.15, 0.2) is 42.5 Å². The first-order chi connectivity index (χ1) is 9.23. The second-order valence-corrected chi connectivity index (χ2v) is 11.4. The molecule has 0 heterocycles. The minimum Gasteiger partial charge on any atom is -0.0678 e. The quantitative estimate of drug-likeness (QED) is 0.574. The number of aryl methyl sites for hydroxylation is 1. The zero-order valence-corrected chi connectivity index (χ0v) is 13.6. The van der Waals surface area contributed by atoms with Crippen LogP contribution in [0.5, 0.6) is 0 Å². The molecular formula is C18H26Si. The molecule has 2 aromatic carbocycles. The minimum absolute atomic E-state index is 0.968. The zero-order valence-electron chi connectivity index (χ0n) is 12.6. The minimum atomic E-state index is -0.968. The molecule has 0 aromatic heterocycles. The van der Waals surface area contributed by atoms with Crippen LogP contribution in [-0.4, -0.2) is 8.07 Å². The molecule has 102 valence electrons. The van der Waals surface area contributed by atoms with Gasteiger partial charge < -0.3 is 0 Å². The highest BCUT2D eigenvalue weighted by molar-refractivity contribution is 6.79. The first-order valence-electron chi connectivity index (χ1n) is 7.70. The topological polar surface area (TPSA) is 0 Å². The van der Waals surface area contributed by atoms with Gasteiger partial charge in [0, 0.05) is 0 Å². The second-order valence-electron chi connectivity index (χ2n) is 5.74. The third-order valence-electron chi connectivity index (χ3n) is 5.01. The molecule has 0 N–H and O–H groups in total. The Labute approximate surface area is 118 Å². The first-order valence-corrected chi connectivity index (χ1v) is 10.5. The standard InChI is InChI=1S/C18H26Si/c1-4-19(5-2,6-3)14-13-16-11-12-17-9-7-8-10-18(17)15-16/h7-12,15H,4-6,13-14H2,1-3H3. The average Bonchev–Trinajstić information content (AvgIpc) is 2.49. The van der Waals surface area contributed by atoms with Crippen LogP contribution in [0.2, 0.25) is 24.2 Å². The van der Waals surface area contributed by atoms with Gasteiger partial charge in [-0.25, -0.2) is 0 Å². The van der Waals surface area contributed by atoms with Crippen molar-refractivity contribution in [3.63, 3.8) is 0 Å². The highest BCUT2D eigenvalue weighted by atomic mass is 28.3. The monoisotopic (exact) mass is 270 g/mol. The lowest BCUT2D eigenvalue weighted by atomic mass is 10.1. The average molecular weight is 270 g/mol. The molecule has 0 saturated heterocycles. The predicted octanol–water partition coefficient (Wildman–Crippen LogP) is 5.89. The molecule has 0 spiro atoms. The van der Waals surface area contributed by atoms with Crippen LogP contribution in [0.25, 0.3) is 10.8 Å². The van der Waals surface area contributed by atoms with Crippen LogP contribution >= 0.6 is 0 Å². The van der Waals surface area contributed by atoms with Crippen LogP contribution in [0.1, 0.15) is 26.3 Å². The SMILES string of the molecule is CC[Si](CC)(CC)CCc1ccc2ccccc2c1. The van der Waals surface area contributed by atoms with Crippen LogP contribution in [0, 0.1) is 0 Å². The van der Waals surface area contributed by atoms with Crippen molar-refractivity contribution in [3.05, 3.63) is 48.0 Å². The van der Waals surface area contributed by atoms with Crippen LogP contribution < -0.4 is 0 Å². The molecule has 0 amide bonds. The Kier molecular flexibility index (Phi) is 4.81. The van der Waals surface area contributed by atoms with Gasteiger partial charge in [-0.15, -0.1) is 0 Å². The lowest BCUT2D eigenvalue weighted by molar-refractivity contribution is 1.02. The van der Waals surface area contributed by atoms with Crippen molar-refractivity contribution in [1.29, 1.82) is 0 Å². The van der Waals surface area contributed by atoms with Crippen molar-refractivity contribution in [3.8, 4) is 0 Å². The fraction of sp³-hybridized carbons (Fsp3) is 0.444. The molecule has 2 aromatic rings. The number of benzene rings is 2. The van der Waals surface area contributed by atoms with Gasteiger partial charge >= 0.3 is 0 Å². The summed E-state index contributed by atoms with van der Waals surface area (Å²) in [5.41, 5.74) is 1.52. The molecule has 0 atom stereocenters. The van der Waals surface area contributed by atoms with Gasteiger partial charge in [0.05, 0.1) is 8.07 Å². The highest BCUT2D eigenvalue weighted by Gasteiger charge is 2.25. The summed E-state index contributed by atoms with van der Waals surface area (Å²) in [7, 11) is -0.968. The summed E-state index contributed by atoms with van der Waals surface area (Å²) in [4.78, 5) is 0. The van der Waals surface area contributed by atoms with E-state index in [9.17, 15) is 0 Å². The van der Waals surface area contributed by atoms with E-state index in [0.29, 0.717) is 0 Å². The molecule has 0 aliphatic rings. The second kappa shape index (κ2) is 6.38. The summed E-state index contributed by atoms with van der Waals surface area (Å²) in [6.45, 7) is 7.21. The van der Waals surface area contributed by atoms with Crippen molar-refractivity contribution in [2.75, 3.05) is 0 Å². The summed E-state index contributed by atoms with van der Waals surface area (Å²) in [5.74, 6) is 0. The Morgan fingerprint density at radius 3 is 2.05 bits per heavy atom. The Morgan fingerprint density at radius 2 is 1.42 bits per heavy atom. The van der Waals surface area contributed by atoms with E-state index in [1.165, 1.54) is 46.9 Å². The van der Waals surface area contributed by atoms with E-state index >= 15 is 0 Å². The molecule has 1 heteroatoms. The van der Waals surface area contributed by atoms with Crippen molar-refractivity contribution < 1.29 is 0 Å². The van der Waals surface area contributed by atoms with Crippen molar-refractivity contribution in [2.45, 2.75) is 51.4 Å². The lowest BCUT2D eigenvalue weighted by Crippen LogP contribution is -2.31. The first kappa shape index (κ1) is 14.3. The predicted molar refractivity (Wildman–Crippen MR) is 89.7 cm³/mol. The van der Waals surface area contributed by atoms with Gasteiger partial charge in [-0.1, -0.05) is 87.4 Å². The Bertz CT molecular complexity index is 518. The number of rotatable bonds is 6. The van der Waals surface area contributed by atoms with Gasteiger partial charge in [-0.3, -0.25) is 0 Å². The molecule has 0 bridgehead atoms. The van der Waals surface area contributed by atoms with Gasteiger partial charge in [-0.05, 0) is 22.8 Å². The van der Waals surface area contributed by atoms with Gasteiger partial charge in [0.15, 0.2) is 0 Å². The smallest absolute Gasteiger partial charge is 0.0530 e. The summed E-state index contributed by atoms with van der Waals surface area (Å²) in [6, 6.07) is 21.4. The lowest BCUT2D eigenvalue weighted by Gasteiger charge is -2.28. The molecule has 0 radical (unpaired) electrons.